The second-order valence-corrected chi connectivity index (χ2v) is 7.57. The maximum atomic E-state index is 12.8. The van der Waals surface area contributed by atoms with Crippen molar-refractivity contribution in [3.8, 4) is 34.5 Å². The van der Waals surface area contributed by atoms with E-state index in [1.165, 1.54) is 18.9 Å². The molecule has 2 aromatic heterocycles. The standard InChI is InChI=1S/C24H26N6O6/c1-13-16(27-24(36-13)15-7-6-8-18(33-3)21(15)35-5)12-30-22(25)20(28-29-30)23(31)26-14-9-10-17(32-2)19(11-14)34-4/h6-11H,12,25H2,1-5H3,(H,26,31). The molecule has 2 aromatic carbocycles. The lowest BCUT2D eigenvalue weighted by molar-refractivity contribution is 0.102. The number of aromatic nitrogens is 4. The summed E-state index contributed by atoms with van der Waals surface area (Å²) < 4.78 is 28.6. The molecule has 2 heterocycles. The van der Waals surface area contributed by atoms with Gasteiger partial charge < -0.3 is 34.4 Å². The third-order valence-corrected chi connectivity index (χ3v) is 5.46. The summed E-state index contributed by atoms with van der Waals surface area (Å²) in [6, 6.07) is 10.4. The first-order chi connectivity index (χ1) is 17.4. The third kappa shape index (κ3) is 4.60. The molecule has 0 fully saturated rings. The highest BCUT2D eigenvalue weighted by Gasteiger charge is 2.22. The number of carbonyl (C=O) groups is 1. The number of hydrogen-bond donors (Lipinski definition) is 2. The predicted molar refractivity (Wildman–Crippen MR) is 131 cm³/mol. The molecule has 12 nitrogen and oxygen atoms in total. The monoisotopic (exact) mass is 494 g/mol. The van der Waals surface area contributed by atoms with E-state index in [4.69, 9.17) is 29.1 Å². The van der Waals surface area contributed by atoms with E-state index in [0.29, 0.717) is 51.6 Å². The molecule has 0 aliphatic carbocycles. The quantitative estimate of drug-likeness (QED) is 0.355. The lowest BCUT2D eigenvalue weighted by Crippen LogP contribution is -2.15. The first-order valence-corrected chi connectivity index (χ1v) is 10.8. The van der Waals surface area contributed by atoms with Crippen LogP contribution in [-0.4, -0.2) is 54.3 Å². The molecule has 0 atom stereocenters. The fourth-order valence-electron chi connectivity index (χ4n) is 3.59. The van der Waals surface area contributed by atoms with Crippen molar-refractivity contribution in [3.63, 3.8) is 0 Å². The zero-order chi connectivity index (χ0) is 25.8. The van der Waals surface area contributed by atoms with Crippen LogP contribution in [0.5, 0.6) is 23.0 Å². The van der Waals surface area contributed by atoms with E-state index in [1.807, 2.05) is 12.1 Å². The summed E-state index contributed by atoms with van der Waals surface area (Å²) in [5.74, 6) is 2.53. The number of ether oxygens (including phenoxy) is 4. The number of nitrogens with one attached hydrogen (secondary N) is 1. The van der Waals surface area contributed by atoms with E-state index < -0.39 is 5.91 Å². The van der Waals surface area contributed by atoms with Gasteiger partial charge in [0, 0.05) is 11.8 Å². The molecule has 3 N–H and O–H groups in total. The van der Waals surface area contributed by atoms with Crippen LogP contribution in [0, 0.1) is 6.92 Å². The number of aryl methyl sites for hydroxylation is 1. The van der Waals surface area contributed by atoms with Gasteiger partial charge in [0.1, 0.15) is 11.5 Å². The van der Waals surface area contributed by atoms with Gasteiger partial charge in [0.25, 0.3) is 5.91 Å². The van der Waals surface area contributed by atoms with Crippen LogP contribution >= 0.6 is 0 Å². The van der Waals surface area contributed by atoms with E-state index in [1.54, 1.807) is 45.4 Å². The SMILES string of the molecule is COc1ccc(NC(=O)c2nnn(Cc3nc(-c4cccc(OC)c4OC)oc3C)c2N)cc1OC. The molecule has 4 aromatic rings. The molecule has 0 saturated carbocycles. The summed E-state index contributed by atoms with van der Waals surface area (Å²) in [6.07, 6.45) is 0. The number of hydrogen-bond acceptors (Lipinski definition) is 10. The molecular formula is C24H26N6O6. The molecule has 0 bridgehead atoms. The number of oxazole rings is 1. The Balaban J connectivity index is 1.55. The first-order valence-electron chi connectivity index (χ1n) is 10.8. The van der Waals surface area contributed by atoms with Crippen molar-refractivity contribution in [1.29, 1.82) is 0 Å². The number of benzene rings is 2. The summed E-state index contributed by atoms with van der Waals surface area (Å²) in [5.41, 5.74) is 7.85. The van der Waals surface area contributed by atoms with Gasteiger partial charge in [-0.25, -0.2) is 9.67 Å². The van der Waals surface area contributed by atoms with Crippen molar-refractivity contribution in [2.24, 2.45) is 0 Å². The number of nitrogens with two attached hydrogens (primary N) is 1. The minimum atomic E-state index is -0.523. The Morgan fingerprint density at radius 2 is 1.78 bits per heavy atom. The topological polar surface area (TPSA) is 149 Å². The number of para-hydroxylation sites is 1. The van der Waals surface area contributed by atoms with E-state index in [0.717, 1.165) is 0 Å². The van der Waals surface area contributed by atoms with Crippen molar-refractivity contribution in [2.45, 2.75) is 13.5 Å². The van der Waals surface area contributed by atoms with Crippen molar-refractivity contribution in [1.82, 2.24) is 20.0 Å². The van der Waals surface area contributed by atoms with Crippen LogP contribution in [0.4, 0.5) is 11.5 Å². The molecule has 0 spiro atoms. The Kier molecular flexibility index (Phi) is 6.95. The van der Waals surface area contributed by atoms with Gasteiger partial charge in [0.15, 0.2) is 34.5 Å². The van der Waals surface area contributed by atoms with Crippen molar-refractivity contribution in [2.75, 3.05) is 39.5 Å². The summed E-state index contributed by atoms with van der Waals surface area (Å²) in [6.45, 7) is 1.92. The number of amides is 1. The third-order valence-electron chi connectivity index (χ3n) is 5.46. The lowest BCUT2D eigenvalue weighted by Gasteiger charge is -2.10. The van der Waals surface area contributed by atoms with Gasteiger partial charge >= 0.3 is 0 Å². The molecule has 188 valence electrons. The zero-order valence-electron chi connectivity index (χ0n) is 20.5. The van der Waals surface area contributed by atoms with Crippen LogP contribution in [-0.2, 0) is 6.54 Å². The predicted octanol–water partition coefficient (Wildman–Crippen LogP) is 3.16. The average Bonchev–Trinajstić information content (AvgIpc) is 3.45. The molecule has 12 heteroatoms. The van der Waals surface area contributed by atoms with Gasteiger partial charge in [-0.3, -0.25) is 4.79 Å². The largest absolute Gasteiger partial charge is 0.493 e. The minimum Gasteiger partial charge on any atom is -0.493 e. The lowest BCUT2D eigenvalue weighted by atomic mass is 10.2. The maximum absolute atomic E-state index is 12.8. The molecule has 1 amide bonds. The number of carbonyl (C=O) groups excluding carboxylic acids is 1. The van der Waals surface area contributed by atoms with Gasteiger partial charge in [-0.2, -0.15) is 0 Å². The normalized spacial score (nSPS) is 10.7. The molecule has 0 saturated heterocycles. The van der Waals surface area contributed by atoms with Crippen LogP contribution < -0.4 is 30.0 Å². The minimum absolute atomic E-state index is 0.0272. The highest BCUT2D eigenvalue weighted by Crippen LogP contribution is 2.38. The molecule has 4 rings (SSSR count). The molecule has 36 heavy (non-hydrogen) atoms. The highest BCUT2D eigenvalue weighted by molar-refractivity contribution is 6.05. The van der Waals surface area contributed by atoms with Crippen LogP contribution in [0.25, 0.3) is 11.5 Å². The fraction of sp³-hybridized carbons (Fsp3) is 0.250. The molecule has 0 aliphatic rings. The van der Waals surface area contributed by atoms with E-state index in [-0.39, 0.29) is 18.1 Å². The van der Waals surface area contributed by atoms with E-state index in [2.05, 4.69) is 20.6 Å². The van der Waals surface area contributed by atoms with Gasteiger partial charge in [0.05, 0.1) is 40.5 Å². The Morgan fingerprint density at radius 3 is 2.47 bits per heavy atom. The first kappa shape index (κ1) is 24.4. The average molecular weight is 495 g/mol. The Bertz CT molecular complexity index is 1400. The maximum Gasteiger partial charge on any atom is 0.280 e. The van der Waals surface area contributed by atoms with Gasteiger partial charge in [0.2, 0.25) is 5.89 Å². The summed E-state index contributed by atoms with van der Waals surface area (Å²) in [4.78, 5) is 17.4. The van der Waals surface area contributed by atoms with Crippen LogP contribution in [0.2, 0.25) is 0 Å². The van der Waals surface area contributed by atoms with E-state index >= 15 is 0 Å². The zero-order valence-corrected chi connectivity index (χ0v) is 20.5. The molecular weight excluding hydrogens is 468 g/mol. The summed E-state index contributed by atoms with van der Waals surface area (Å²) >= 11 is 0. The Hall–Kier alpha value is -4.74. The van der Waals surface area contributed by atoms with E-state index in [9.17, 15) is 4.79 Å². The number of nitrogens with zero attached hydrogens (tertiary/aromatic N) is 4. The highest BCUT2D eigenvalue weighted by atomic mass is 16.5. The number of nitrogen functional groups attached to an aromatic ring is 1. The second-order valence-electron chi connectivity index (χ2n) is 7.57. The molecule has 0 unspecified atom stereocenters. The van der Waals surface area contributed by atoms with Crippen LogP contribution in [0.1, 0.15) is 21.9 Å². The number of methoxy groups -OCH3 is 4. The Morgan fingerprint density at radius 1 is 1.03 bits per heavy atom. The fourth-order valence-corrected chi connectivity index (χ4v) is 3.59. The number of rotatable bonds is 9. The van der Waals surface area contributed by atoms with Gasteiger partial charge in [-0.05, 0) is 31.2 Å². The van der Waals surface area contributed by atoms with Crippen LogP contribution in [0.3, 0.4) is 0 Å². The van der Waals surface area contributed by atoms with Crippen molar-refractivity contribution in [3.05, 3.63) is 53.5 Å². The molecule has 0 radical (unpaired) electrons. The Labute approximate surface area is 206 Å². The number of anilines is 2. The molecule has 0 aliphatic heterocycles. The van der Waals surface area contributed by atoms with Gasteiger partial charge in [-0.15, -0.1) is 5.10 Å². The smallest absolute Gasteiger partial charge is 0.280 e. The van der Waals surface area contributed by atoms with Crippen LogP contribution in [0.15, 0.2) is 40.8 Å². The van der Waals surface area contributed by atoms with Crippen molar-refractivity contribution >= 4 is 17.4 Å². The second kappa shape index (κ2) is 10.3. The van der Waals surface area contributed by atoms with Gasteiger partial charge in [-0.1, -0.05) is 11.3 Å². The van der Waals surface area contributed by atoms with Crippen molar-refractivity contribution < 1.29 is 28.2 Å². The summed E-state index contributed by atoms with van der Waals surface area (Å²) in [5, 5.41) is 10.7. The summed E-state index contributed by atoms with van der Waals surface area (Å²) in [7, 11) is 6.14.